The van der Waals surface area contributed by atoms with E-state index in [0.29, 0.717) is 13.1 Å². The van der Waals surface area contributed by atoms with Gasteiger partial charge in [0.1, 0.15) is 0 Å². The number of nitrogens with zero attached hydrogens (tertiary/aromatic N) is 2. The van der Waals surface area contributed by atoms with E-state index < -0.39 is 11.7 Å². The van der Waals surface area contributed by atoms with Crippen LogP contribution in [0.2, 0.25) is 0 Å². The molecule has 0 saturated heterocycles. The van der Waals surface area contributed by atoms with Crippen LogP contribution in [0.4, 0.5) is 13.2 Å². The minimum absolute atomic E-state index is 0.144. The SMILES string of the molecule is CN(Cc1cscn1)C(CN)c1ccc(C(F)(F)F)cc1. The molecular weight excluding hydrogens is 299 g/mol. The summed E-state index contributed by atoms with van der Waals surface area (Å²) in [5, 5.41) is 1.94. The van der Waals surface area contributed by atoms with E-state index in [-0.39, 0.29) is 6.04 Å². The second-order valence-electron chi connectivity index (χ2n) is 4.77. The van der Waals surface area contributed by atoms with Crippen LogP contribution in [-0.2, 0) is 12.7 Å². The first kappa shape index (κ1) is 15.9. The third-order valence-electron chi connectivity index (χ3n) is 3.27. The molecule has 114 valence electrons. The Morgan fingerprint density at radius 2 is 1.95 bits per heavy atom. The first-order chi connectivity index (χ1) is 9.91. The second-order valence-corrected chi connectivity index (χ2v) is 5.48. The molecule has 1 aromatic heterocycles. The van der Waals surface area contributed by atoms with Crippen molar-refractivity contribution in [2.45, 2.75) is 18.8 Å². The summed E-state index contributed by atoms with van der Waals surface area (Å²) in [5.74, 6) is 0. The smallest absolute Gasteiger partial charge is 0.329 e. The van der Waals surface area contributed by atoms with Gasteiger partial charge in [0.15, 0.2) is 0 Å². The van der Waals surface area contributed by atoms with Crippen LogP contribution in [0, 0.1) is 0 Å². The van der Waals surface area contributed by atoms with E-state index in [9.17, 15) is 13.2 Å². The Labute approximate surface area is 125 Å². The molecule has 1 atom stereocenters. The molecule has 1 heterocycles. The van der Waals surface area contributed by atoms with Crippen molar-refractivity contribution in [2.75, 3.05) is 13.6 Å². The quantitative estimate of drug-likeness (QED) is 0.920. The Morgan fingerprint density at radius 3 is 2.43 bits per heavy atom. The summed E-state index contributed by atoms with van der Waals surface area (Å²) in [6.07, 6.45) is -4.32. The van der Waals surface area contributed by atoms with E-state index in [4.69, 9.17) is 5.73 Å². The van der Waals surface area contributed by atoms with Crippen molar-refractivity contribution < 1.29 is 13.2 Å². The monoisotopic (exact) mass is 315 g/mol. The van der Waals surface area contributed by atoms with Gasteiger partial charge in [-0.05, 0) is 24.7 Å². The number of rotatable bonds is 5. The lowest BCUT2D eigenvalue weighted by Gasteiger charge is -2.27. The van der Waals surface area contributed by atoms with E-state index in [1.165, 1.54) is 23.5 Å². The number of likely N-dealkylation sites (N-methyl/N-ethyl adjacent to an activating group) is 1. The number of aromatic nitrogens is 1. The third kappa shape index (κ3) is 4.03. The molecule has 2 aromatic rings. The van der Waals surface area contributed by atoms with E-state index >= 15 is 0 Å². The Balaban J connectivity index is 2.13. The number of benzene rings is 1. The molecule has 2 rings (SSSR count). The van der Waals surface area contributed by atoms with Crippen LogP contribution in [0.25, 0.3) is 0 Å². The summed E-state index contributed by atoms with van der Waals surface area (Å²) in [4.78, 5) is 6.18. The molecule has 0 saturated carbocycles. The summed E-state index contributed by atoms with van der Waals surface area (Å²) in [6, 6.07) is 5.01. The third-order valence-corrected chi connectivity index (χ3v) is 3.91. The molecule has 3 nitrogen and oxygen atoms in total. The maximum absolute atomic E-state index is 12.6. The van der Waals surface area contributed by atoms with Crippen LogP contribution in [0.5, 0.6) is 0 Å². The van der Waals surface area contributed by atoms with Gasteiger partial charge in [0.2, 0.25) is 0 Å². The molecule has 0 fully saturated rings. The molecule has 21 heavy (non-hydrogen) atoms. The minimum atomic E-state index is -4.32. The summed E-state index contributed by atoms with van der Waals surface area (Å²) < 4.78 is 37.7. The van der Waals surface area contributed by atoms with Crippen LogP contribution < -0.4 is 5.73 Å². The van der Waals surface area contributed by atoms with E-state index in [1.54, 1.807) is 5.51 Å². The van der Waals surface area contributed by atoms with Crippen molar-refractivity contribution >= 4 is 11.3 Å². The van der Waals surface area contributed by atoms with Crippen molar-refractivity contribution in [2.24, 2.45) is 5.73 Å². The highest BCUT2D eigenvalue weighted by atomic mass is 32.1. The lowest BCUT2D eigenvalue weighted by Crippen LogP contribution is -2.30. The molecule has 0 aliphatic carbocycles. The highest BCUT2D eigenvalue weighted by molar-refractivity contribution is 7.07. The van der Waals surface area contributed by atoms with Gasteiger partial charge in [-0.1, -0.05) is 12.1 Å². The first-order valence-corrected chi connectivity index (χ1v) is 7.30. The summed E-state index contributed by atoms with van der Waals surface area (Å²) in [6.45, 7) is 0.929. The molecule has 0 radical (unpaired) electrons. The molecule has 0 amide bonds. The van der Waals surface area contributed by atoms with E-state index in [1.807, 2.05) is 17.3 Å². The highest BCUT2D eigenvalue weighted by Crippen LogP contribution is 2.30. The number of nitrogens with two attached hydrogens (primary N) is 1. The molecule has 1 unspecified atom stereocenters. The second kappa shape index (κ2) is 6.55. The fourth-order valence-electron chi connectivity index (χ4n) is 2.15. The maximum Gasteiger partial charge on any atom is 0.416 e. The van der Waals surface area contributed by atoms with Crippen molar-refractivity contribution in [1.82, 2.24) is 9.88 Å². The Hall–Kier alpha value is -1.44. The zero-order valence-corrected chi connectivity index (χ0v) is 12.3. The molecule has 1 aromatic carbocycles. The highest BCUT2D eigenvalue weighted by Gasteiger charge is 2.30. The van der Waals surface area contributed by atoms with Gasteiger partial charge in [0.25, 0.3) is 0 Å². The fourth-order valence-corrected chi connectivity index (χ4v) is 2.70. The zero-order chi connectivity index (χ0) is 15.5. The fraction of sp³-hybridized carbons (Fsp3) is 0.357. The van der Waals surface area contributed by atoms with Crippen LogP contribution in [-0.4, -0.2) is 23.5 Å². The van der Waals surface area contributed by atoms with Gasteiger partial charge in [-0.15, -0.1) is 11.3 Å². The number of thiazole rings is 1. The maximum atomic E-state index is 12.6. The first-order valence-electron chi connectivity index (χ1n) is 6.36. The Morgan fingerprint density at radius 1 is 1.29 bits per heavy atom. The largest absolute Gasteiger partial charge is 0.416 e. The normalized spacial score (nSPS) is 13.6. The standard InChI is InChI=1S/C14H16F3N3S/c1-20(7-12-8-21-9-19-12)13(6-18)10-2-4-11(5-3-10)14(15,16)17/h2-5,8-9,13H,6-7,18H2,1H3. The lowest BCUT2D eigenvalue weighted by molar-refractivity contribution is -0.137. The number of halogens is 3. The lowest BCUT2D eigenvalue weighted by atomic mass is 10.0. The van der Waals surface area contributed by atoms with Crippen molar-refractivity contribution in [3.05, 3.63) is 52.0 Å². The summed E-state index contributed by atoms with van der Waals surface area (Å²) >= 11 is 1.51. The summed E-state index contributed by atoms with van der Waals surface area (Å²) in [7, 11) is 1.88. The van der Waals surface area contributed by atoms with E-state index in [2.05, 4.69) is 4.98 Å². The van der Waals surface area contributed by atoms with Crippen LogP contribution in [0.1, 0.15) is 22.9 Å². The molecule has 0 aliphatic heterocycles. The average Bonchev–Trinajstić information content (AvgIpc) is 2.92. The Bertz CT molecular complexity index is 552. The molecule has 0 aliphatic rings. The topological polar surface area (TPSA) is 42.2 Å². The Kier molecular flexibility index (Phi) is 4.97. The number of hydrogen-bond acceptors (Lipinski definition) is 4. The van der Waals surface area contributed by atoms with Gasteiger partial charge in [0, 0.05) is 24.5 Å². The van der Waals surface area contributed by atoms with Gasteiger partial charge in [-0.2, -0.15) is 13.2 Å². The predicted octanol–water partition coefficient (Wildman–Crippen LogP) is 3.29. The van der Waals surface area contributed by atoms with E-state index in [0.717, 1.165) is 23.4 Å². The van der Waals surface area contributed by atoms with Crippen LogP contribution in [0.3, 0.4) is 0 Å². The van der Waals surface area contributed by atoms with Gasteiger partial charge in [-0.25, -0.2) is 4.98 Å². The molecule has 7 heteroatoms. The minimum Gasteiger partial charge on any atom is -0.329 e. The van der Waals surface area contributed by atoms with Gasteiger partial charge in [-0.3, -0.25) is 4.90 Å². The molecule has 0 bridgehead atoms. The van der Waals surface area contributed by atoms with Crippen molar-refractivity contribution in [3.8, 4) is 0 Å². The zero-order valence-electron chi connectivity index (χ0n) is 11.5. The molecule has 2 N–H and O–H groups in total. The summed E-state index contributed by atoms with van der Waals surface area (Å²) in [5.41, 5.74) is 8.57. The average molecular weight is 315 g/mol. The number of hydrogen-bond donors (Lipinski definition) is 1. The number of alkyl halides is 3. The molecule has 0 spiro atoms. The predicted molar refractivity (Wildman–Crippen MR) is 76.8 cm³/mol. The van der Waals surface area contributed by atoms with Gasteiger partial charge >= 0.3 is 6.18 Å². The van der Waals surface area contributed by atoms with Gasteiger partial charge < -0.3 is 5.73 Å². The van der Waals surface area contributed by atoms with Gasteiger partial charge in [0.05, 0.1) is 16.8 Å². The molecular formula is C14H16F3N3S. The van der Waals surface area contributed by atoms with Crippen LogP contribution >= 0.6 is 11.3 Å². The van der Waals surface area contributed by atoms with Crippen molar-refractivity contribution in [1.29, 1.82) is 0 Å². The van der Waals surface area contributed by atoms with Crippen LogP contribution in [0.15, 0.2) is 35.2 Å². The van der Waals surface area contributed by atoms with Crippen molar-refractivity contribution in [3.63, 3.8) is 0 Å².